The van der Waals surface area contributed by atoms with Gasteiger partial charge in [-0.25, -0.2) is 8.78 Å². The van der Waals surface area contributed by atoms with Crippen LogP contribution in [0.25, 0.3) is 0 Å². The molecule has 5 atom stereocenters. The molecular weight excluding hydrogens is 360 g/mol. The smallest absolute Gasteiger partial charge is 0.230 e. The van der Waals surface area contributed by atoms with E-state index in [4.69, 9.17) is 5.73 Å². The fourth-order valence-corrected chi connectivity index (χ4v) is 3.48. The minimum absolute atomic E-state index is 0.0238. The normalized spacial score (nSPS) is 26.2. The van der Waals surface area contributed by atoms with Gasteiger partial charge in [0.2, 0.25) is 11.9 Å². The van der Waals surface area contributed by atoms with Gasteiger partial charge >= 0.3 is 0 Å². The summed E-state index contributed by atoms with van der Waals surface area (Å²) in [7, 11) is 1.63. The molecule has 2 unspecified atom stereocenters. The van der Waals surface area contributed by atoms with Crippen molar-refractivity contribution in [3.63, 3.8) is 0 Å². The van der Waals surface area contributed by atoms with Gasteiger partial charge in [-0.2, -0.15) is 15.0 Å². The van der Waals surface area contributed by atoms with Crippen molar-refractivity contribution in [2.45, 2.75) is 37.7 Å². The Hall–Kier alpha value is -2.43. The van der Waals surface area contributed by atoms with Crippen molar-refractivity contribution in [2.24, 2.45) is 5.92 Å². The second kappa shape index (κ2) is 7.29. The Kier molecular flexibility index (Phi) is 5.22. The average molecular weight is 381 g/mol. The van der Waals surface area contributed by atoms with E-state index in [0.717, 1.165) is 12.1 Å². The van der Waals surface area contributed by atoms with Gasteiger partial charge in [0.15, 0.2) is 11.6 Å². The van der Waals surface area contributed by atoms with Crippen molar-refractivity contribution < 1.29 is 24.1 Å². The highest BCUT2D eigenvalue weighted by molar-refractivity contribution is 5.36. The largest absolute Gasteiger partial charge is 0.390 e. The van der Waals surface area contributed by atoms with Gasteiger partial charge < -0.3 is 26.0 Å². The molecule has 1 aromatic carbocycles. The van der Waals surface area contributed by atoms with Crippen LogP contribution in [0, 0.1) is 24.5 Å². The van der Waals surface area contributed by atoms with Crippen LogP contribution in [0.1, 0.15) is 23.9 Å². The lowest BCUT2D eigenvalue weighted by Crippen LogP contribution is -2.42. The van der Waals surface area contributed by atoms with E-state index >= 15 is 0 Å². The Labute approximate surface area is 154 Å². The fraction of sp³-hybridized carbons (Fsp3) is 0.471. The lowest BCUT2D eigenvalue weighted by Gasteiger charge is -2.27. The minimum atomic E-state index is -1.28. The number of rotatable bonds is 4. The standard InChI is InChI=1S/C17H21F2N5O3/c1-7-21-16(20)23-17(22-7)24(2)12-6-9(14(26)15(12)27)13(25)8-3-4-10(18)11(19)5-8/h3-5,9,12-15,25-27H,6H2,1-2H3,(H2,20,21,22,23)/t9?,12?,13-,14+,15-/m0/s1. The Morgan fingerprint density at radius 3 is 2.48 bits per heavy atom. The molecule has 2 aromatic rings. The number of nitrogen functional groups attached to an aromatic ring is 1. The molecule has 0 amide bonds. The van der Waals surface area contributed by atoms with Crippen LogP contribution in [0.2, 0.25) is 0 Å². The Morgan fingerprint density at radius 2 is 1.85 bits per heavy atom. The molecule has 8 nitrogen and oxygen atoms in total. The number of aromatic nitrogens is 3. The third kappa shape index (κ3) is 3.68. The summed E-state index contributed by atoms with van der Waals surface area (Å²) in [6, 6.07) is 2.42. The predicted octanol–water partition coefficient (Wildman–Crippen LogP) is 0.321. The first-order valence-corrected chi connectivity index (χ1v) is 8.39. The summed E-state index contributed by atoms with van der Waals surface area (Å²) in [5.41, 5.74) is 5.75. The van der Waals surface area contributed by atoms with Crippen LogP contribution < -0.4 is 10.6 Å². The second-order valence-electron chi connectivity index (χ2n) is 6.72. The molecule has 1 saturated carbocycles. The van der Waals surface area contributed by atoms with Crippen LogP contribution >= 0.6 is 0 Å². The number of hydrogen-bond acceptors (Lipinski definition) is 8. The Bertz CT molecular complexity index is 820. The van der Waals surface area contributed by atoms with E-state index in [2.05, 4.69) is 15.0 Å². The molecule has 0 saturated heterocycles. The molecule has 0 spiro atoms. The number of likely N-dealkylation sites (N-methyl/N-ethyl adjacent to an activating group) is 1. The number of hydrogen-bond donors (Lipinski definition) is 4. The number of benzene rings is 1. The summed E-state index contributed by atoms with van der Waals surface area (Å²) in [5, 5.41) is 31.4. The number of nitrogens with zero attached hydrogens (tertiary/aromatic N) is 4. The fourth-order valence-electron chi connectivity index (χ4n) is 3.48. The van der Waals surface area contributed by atoms with Gasteiger partial charge in [0.25, 0.3) is 0 Å². The van der Waals surface area contributed by atoms with Gasteiger partial charge in [0.1, 0.15) is 11.9 Å². The summed E-state index contributed by atoms with van der Waals surface area (Å²) in [5.74, 6) is -2.27. The zero-order chi connectivity index (χ0) is 19.9. The average Bonchev–Trinajstić information content (AvgIpc) is 2.90. The quantitative estimate of drug-likeness (QED) is 0.596. The SMILES string of the molecule is Cc1nc(N)nc(N(C)C2CC([C@@H](O)c3ccc(F)c(F)c3)[C@@H](O)[C@H]2O)n1. The van der Waals surface area contributed by atoms with E-state index in [-0.39, 0.29) is 23.9 Å². The van der Waals surface area contributed by atoms with E-state index in [0.29, 0.717) is 5.82 Å². The van der Waals surface area contributed by atoms with E-state index in [1.54, 1.807) is 18.9 Å². The van der Waals surface area contributed by atoms with Crippen LogP contribution in [-0.2, 0) is 0 Å². The van der Waals surface area contributed by atoms with Crippen molar-refractivity contribution in [1.82, 2.24) is 15.0 Å². The second-order valence-corrected chi connectivity index (χ2v) is 6.72. The predicted molar refractivity (Wildman–Crippen MR) is 92.6 cm³/mol. The molecule has 0 radical (unpaired) electrons. The van der Waals surface area contributed by atoms with E-state index in [9.17, 15) is 24.1 Å². The number of halogens is 2. The number of aliphatic hydroxyl groups is 3. The first kappa shape index (κ1) is 19.3. The van der Waals surface area contributed by atoms with Crippen molar-refractivity contribution in [3.05, 3.63) is 41.2 Å². The summed E-state index contributed by atoms with van der Waals surface area (Å²) in [6.45, 7) is 1.64. The molecule has 0 aliphatic heterocycles. The molecule has 1 heterocycles. The number of anilines is 2. The number of nitrogens with two attached hydrogens (primary N) is 1. The summed E-state index contributed by atoms with van der Waals surface area (Å²) >= 11 is 0. The van der Waals surface area contributed by atoms with Gasteiger partial charge in [-0.1, -0.05) is 6.07 Å². The van der Waals surface area contributed by atoms with Crippen LogP contribution in [-0.4, -0.2) is 55.6 Å². The molecule has 5 N–H and O–H groups in total. The molecule has 146 valence electrons. The first-order chi connectivity index (χ1) is 12.7. The van der Waals surface area contributed by atoms with Crippen LogP contribution in [0.5, 0.6) is 0 Å². The highest BCUT2D eigenvalue weighted by Crippen LogP contribution is 2.39. The Morgan fingerprint density at radius 1 is 1.15 bits per heavy atom. The Balaban J connectivity index is 1.83. The van der Waals surface area contributed by atoms with Crippen molar-refractivity contribution in [2.75, 3.05) is 17.7 Å². The topological polar surface area (TPSA) is 129 Å². The lowest BCUT2D eigenvalue weighted by atomic mass is 9.92. The highest BCUT2D eigenvalue weighted by atomic mass is 19.2. The van der Waals surface area contributed by atoms with Gasteiger partial charge in [0.05, 0.1) is 18.2 Å². The third-order valence-corrected chi connectivity index (χ3v) is 4.95. The molecular formula is C17H21F2N5O3. The highest BCUT2D eigenvalue weighted by Gasteiger charge is 2.47. The van der Waals surface area contributed by atoms with E-state index in [1.807, 2.05) is 0 Å². The molecule has 3 rings (SSSR count). The van der Waals surface area contributed by atoms with Gasteiger partial charge in [0, 0.05) is 13.0 Å². The lowest BCUT2D eigenvalue weighted by molar-refractivity contribution is -0.0232. The van der Waals surface area contributed by atoms with Crippen molar-refractivity contribution in [1.29, 1.82) is 0 Å². The van der Waals surface area contributed by atoms with Crippen molar-refractivity contribution >= 4 is 11.9 Å². The maximum absolute atomic E-state index is 13.5. The van der Waals surface area contributed by atoms with Gasteiger partial charge in [-0.3, -0.25) is 0 Å². The third-order valence-electron chi connectivity index (χ3n) is 4.95. The monoisotopic (exact) mass is 381 g/mol. The van der Waals surface area contributed by atoms with E-state index in [1.165, 1.54) is 6.07 Å². The maximum Gasteiger partial charge on any atom is 0.230 e. The summed E-state index contributed by atoms with van der Waals surface area (Å²) in [4.78, 5) is 13.6. The minimum Gasteiger partial charge on any atom is -0.390 e. The van der Waals surface area contributed by atoms with E-state index < -0.39 is 41.9 Å². The van der Waals surface area contributed by atoms with Crippen LogP contribution in [0.3, 0.4) is 0 Å². The van der Waals surface area contributed by atoms with Crippen LogP contribution in [0.15, 0.2) is 18.2 Å². The summed E-state index contributed by atoms with van der Waals surface area (Å²) in [6.07, 6.45) is -3.60. The molecule has 27 heavy (non-hydrogen) atoms. The zero-order valence-electron chi connectivity index (χ0n) is 14.8. The molecule has 1 fully saturated rings. The van der Waals surface area contributed by atoms with Crippen molar-refractivity contribution in [3.8, 4) is 0 Å². The van der Waals surface area contributed by atoms with Gasteiger partial charge in [-0.15, -0.1) is 0 Å². The molecule has 1 aromatic heterocycles. The number of aryl methyl sites for hydroxylation is 1. The molecule has 10 heteroatoms. The van der Waals surface area contributed by atoms with Gasteiger partial charge in [-0.05, 0) is 31.0 Å². The molecule has 1 aliphatic carbocycles. The first-order valence-electron chi connectivity index (χ1n) is 8.39. The summed E-state index contributed by atoms with van der Waals surface area (Å²) < 4.78 is 26.6. The molecule has 1 aliphatic rings. The van der Waals surface area contributed by atoms with Crippen LogP contribution in [0.4, 0.5) is 20.7 Å². The zero-order valence-corrected chi connectivity index (χ0v) is 14.8. The maximum atomic E-state index is 13.5. The number of aliphatic hydroxyl groups excluding tert-OH is 3. The molecule has 0 bridgehead atoms.